The van der Waals surface area contributed by atoms with Gasteiger partial charge in [0.05, 0.1) is 17.9 Å². The minimum absolute atomic E-state index is 0.192. The Morgan fingerprint density at radius 3 is 2.16 bits per heavy atom. The van der Waals surface area contributed by atoms with Crippen molar-refractivity contribution >= 4 is 29.2 Å². The van der Waals surface area contributed by atoms with Gasteiger partial charge in [0.2, 0.25) is 0 Å². The SMILES string of the molecule is CCOC(=O)c1ccccc1NC(=O)C(=O)Nc1ccc(CC)cc1. The van der Waals surface area contributed by atoms with Crippen LogP contribution in [0.4, 0.5) is 11.4 Å². The maximum absolute atomic E-state index is 12.1. The van der Waals surface area contributed by atoms with Crippen LogP contribution in [-0.4, -0.2) is 24.4 Å². The Kier molecular flexibility index (Phi) is 6.28. The second-order valence-electron chi connectivity index (χ2n) is 5.22. The van der Waals surface area contributed by atoms with Gasteiger partial charge in [-0.3, -0.25) is 9.59 Å². The van der Waals surface area contributed by atoms with E-state index in [9.17, 15) is 14.4 Å². The van der Waals surface area contributed by atoms with Gasteiger partial charge in [-0.25, -0.2) is 4.79 Å². The first-order valence-electron chi connectivity index (χ1n) is 8.02. The number of hydrogen-bond donors (Lipinski definition) is 2. The van der Waals surface area contributed by atoms with Crippen molar-refractivity contribution in [2.45, 2.75) is 20.3 Å². The number of aryl methyl sites for hydroxylation is 1. The summed E-state index contributed by atoms with van der Waals surface area (Å²) >= 11 is 0. The van der Waals surface area contributed by atoms with Gasteiger partial charge >= 0.3 is 17.8 Å². The van der Waals surface area contributed by atoms with Crippen LogP contribution in [-0.2, 0) is 20.7 Å². The highest BCUT2D eigenvalue weighted by Gasteiger charge is 2.18. The predicted molar refractivity (Wildman–Crippen MR) is 95.5 cm³/mol. The monoisotopic (exact) mass is 340 g/mol. The molecule has 0 bridgehead atoms. The van der Waals surface area contributed by atoms with Gasteiger partial charge in [0.25, 0.3) is 0 Å². The van der Waals surface area contributed by atoms with Crippen LogP contribution in [0.15, 0.2) is 48.5 Å². The van der Waals surface area contributed by atoms with E-state index in [0.717, 1.165) is 12.0 Å². The summed E-state index contributed by atoms with van der Waals surface area (Å²) in [4.78, 5) is 36.0. The lowest BCUT2D eigenvalue weighted by atomic mass is 10.1. The normalized spacial score (nSPS) is 10.0. The highest BCUT2D eigenvalue weighted by atomic mass is 16.5. The van der Waals surface area contributed by atoms with E-state index in [0.29, 0.717) is 5.69 Å². The summed E-state index contributed by atoms with van der Waals surface area (Å²) in [6.07, 6.45) is 0.888. The van der Waals surface area contributed by atoms with Crippen LogP contribution < -0.4 is 10.6 Å². The highest BCUT2D eigenvalue weighted by Crippen LogP contribution is 2.16. The molecule has 0 aromatic heterocycles. The van der Waals surface area contributed by atoms with Gasteiger partial charge in [0.1, 0.15) is 0 Å². The quantitative estimate of drug-likeness (QED) is 0.647. The topological polar surface area (TPSA) is 84.5 Å². The molecular weight excluding hydrogens is 320 g/mol. The standard InChI is InChI=1S/C19H20N2O4/c1-3-13-9-11-14(12-10-13)20-17(22)18(23)21-16-8-6-5-7-15(16)19(24)25-4-2/h5-12H,3-4H2,1-2H3,(H,20,22)(H,21,23). The molecule has 0 radical (unpaired) electrons. The number of esters is 1. The smallest absolute Gasteiger partial charge is 0.340 e. The molecule has 0 aliphatic heterocycles. The predicted octanol–water partition coefficient (Wildman–Crippen LogP) is 3.00. The van der Waals surface area contributed by atoms with Crippen LogP contribution in [0.3, 0.4) is 0 Å². The fraction of sp³-hybridized carbons (Fsp3) is 0.211. The Bertz CT molecular complexity index is 769. The molecular formula is C19H20N2O4. The number of anilines is 2. The van der Waals surface area contributed by atoms with E-state index in [1.54, 1.807) is 31.2 Å². The zero-order valence-corrected chi connectivity index (χ0v) is 14.2. The van der Waals surface area contributed by atoms with Crippen molar-refractivity contribution in [3.8, 4) is 0 Å². The van der Waals surface area contributed by atoms with Gasteiger partial charge in [-0.05, 0) is 43.2 Å². The number of benzene rings is 2. The van der Waals surface area contributed by atoms with Crippen molar-refractivity contribution in [3.05, 3.63) is 59.7 Å². The average Bonchev–Trinajstić information content (AvgIpc) is 2.63. The molecule has 2 aromatic rings. The van der Waals surface area contributed by atoms with E-state index in [-0.39, 0.29) is 17.9 Å². The number of rotatable bonds is 5. The largest absolute Gasteiger partial charge is 0.462 e. The molecule has 2 N–H and O–H groups in total. The van der Waals surface area contributed by atoms with Crippen LogP contribution in [0.5, 0.6) is 0 Å². The molecule has 0 fully saturated rings. The lowest BCUT2D eigenvalue weighted by molar-refractivity contribution is -0.133. The van der Waals surface area contributed by atoms with Crippen molar-refractivity contribution in [1.29, 1.82) is 0 Å². The van der Waals surface area contributed by atoms with Gasteiger partial charge in [0, 0.05) is 5.69 Å². The molecule has 130 valence electrons. The molecule has 2 rings (SSSR count). The first kappa shape index (κ1) is 18.2. The minimum Gasteiger partial charge on any atom is -0.462 e. The van der Waals surface area contributed by atoms with E-state index >= 15 is 0 Å². The Balaban J connectivity index is 2.06. The maximum atomic E-state index is 12.1. The maximum Gasteiger partial charge on any atom is 0.340 e. The summed E-state index contributed by atoms with van der Waals surface area (Å²) in [5.41, 5.74) is 2.07. The Labute approximate surface area is 146 Å². The number of nitrogens with one attached hydrogen (secondary N) is 2. The number of hydrogen-bond acceptors (Lipinski definition) is 4. The molecule has 6 heteroatoms. The van der Waals surface area contributed by atoms with Gasteiger partial charge in [-0.15, -0.1) is 0 Å². The van der Waals surface area contributed by atoms with Crippen LogP contribution in [0, 0.1) is 0 Å². The molecule has 0 heterocycles. The highest BCUT2D eigenvalue weighted by molar-refractivity contribution is 6.43. The van der Waals surface area contributed by atoms with Crippen molar-refractivity contribution < 1.29 is 19.1 Å². The lowest BCUT2D eigenvalue weighted by Crippen LogP contribution is -2.29. The average molecular weight is 340 g/mol. The number of amides is 2. The summed E-state index contributed by atoms with van der Waals surface area (Å²) in [6.45, 7) is 3.94. The first-order chi connectivity index (χ1) is 12.0. The van der Waals surface area contributed by atoms with Gasteiger partial charge in [0.15, 0.2) is 0 Å². The third-order valence-corrected chi connectivity index (χ3v) is 3.50. The Hall–Kier alpha value is -3.15. The summed E-state index contributed by atoms with van der Waals surface area (Å²) in [6, 6.07) is 13.6. The molecule has 2 aromatic carbocycles. The molecule has 0 saturated carbocycles. The molecule has 0 saturated heterocycles. The fourth-order valence-corrected chi connectivity index (χ4v) is 2.17. The van der Waals surface area contributed by atoms with Crippen LogP contribution in [0.2, 0.25) is 0 Å². The van der Waals surface area contributed by atoms with Crippen molar-refractivity contribution in [2.24, 2.45) is 0 Å². The van der Waals surface area contributed by atoms with Crippen molar-refractivity contribution in [3.63, 3.8) is 0 Å². The first-order valence-corrected chi connectivity index (χ1v) is 8.02. The molecule has 0 unspecified atom stereocenters. The molecule has 6 nitrogen and oxygen atoms in total. The van der Waals surface area contributed by atoms with Crippen LogP contribution in [0.25, 0.3) is 0 Å². The summed E-state index contributed by atoms with van der Waals surface area (Å²) < 4.78 is 4.94. The second kappa shape index (κ2) is 8.63. The van der Waals surface area contributed by atoms with Gasteiger partial charge in [-0.1, -0.05) is 31.2 Å². The summed E-state index contributed by atoms with van der Waals surface area (Å²) in [5.74, 6) is -2.24. The molecule has 0 atom stereocenters. The third kappa shape index (κ3) is 4.91. The second-order valence-corrected chi connectivity index (χ2v) is 5.22. The van der Waals surface area contributed by atoms with Crippen molar-refractivity contribution in [1.82, 2.24) is 0 Å². The number of carbonyl (C=O) groups is 3. The zero-order chi connectivity index (χ0) is 18.2. The molecule has 25 heavy (non-hydrogen) atoms. The van der Waals surface area contributed by atoms with E-state index in [1.807, 2.05) is 19.1 Å². The van der Waals surface area contributed by atoms with Gasteiger partial charge < -0.3 is 15.4 Å². The number of para-hydroxylation sites is 1. The van der Waals surface area contributed by atoms with E-state index in [2.05, 4.69) is 10.6 Å². The van der Waals surface area contributed by atoms with Crippen LogP contribution >= 0.6 is 0 Å². The molecule has 0 spiro atoms. The van der Waals surface area contributed by atoms with Crippen LogP contribution in [0.1, 0.15) is 29.8 Å². The summed E-state index contributed by atoms with van der Waals surface area (Å²) in [5, 5.41) is 4.96. The van der Waals surface area contributed by atoms with E-state index < -0.39 is 17.8 Å². The number of ether oxygens (including phenoxy) is 1. The molecule has 0 aliphatic rings. The third-order valence-electron chi connectivity index (χ3n) is 3.50. The lowest BCUT2D eigenvalue weighted by Gasteiger charge is -2.10. The molecule has 2 amide bonds. The zero-order valence-electron chi connectivity index (χ0n) is 14.2. The van der Waals surface area contributed by atoms with Gasteiger partial charge in [-0.2, -0.15) is 0 Å². The summed E-state index contributed by atoms with van der Waals surface area (Å²) in [7, 11) is 0. The van der Waals surface area contributed by atoms with E-state index in [4.69, 9.17) is 4.74 Å². The Morgan fingerprint density at radius 1 is 0.880 bits per heavy atom. The molecule has 0 aliphatic carbocycles. The number of carbonyl (C=O) groups excluding carboxylic acids is 3. The fourth-order valence-electron chi connectivity index (χ4n) is 2.17. The van der Waals surface area contributed by atoms with E-state index in [1.165, 1.54) is 12.1 Å². The Morgan fingerprint density at radius 2 is 1.52 bits per heavy atom. The minimum atomic E-state index is -0.865. The van der Waals surface area contributed by atoms with Crippen molar-refractivity contribution in [2.75, 3.05) is 17.2 Å².